The summed E-state index contributed by atoms with van der Waals surface area (Å²) in [7, 11) is 0. The van der Waals surface area contributed by atoms with Gasteiger partial charge < -0.3 is 5.32 Å². The number of carbonyl (C=O) groups excluding carboxylic acids is 1. The molecule has 3 rings (SSSR count). The molecule has 0 saturated heterocycles. The van der Waals surface area contributed by atoms with Crippen molar-refractivity contribution in [2.45, 2.75) is 24.8 Å². The van der Waals surface area contributed by atoms with Gasteiger partial charge in [-0.2, -0.15) is 0 Å². The van der Waals surface area contributed by atoms with Crippen LogP contribution in [-0.4, -0.2) is 5.91 Å². The molecule has 0 radical (unpaired) electrons. The summed E-state index contributed by atoms with van der Waals surface area (Å²) in [6.45, 7) is 0.495. The molecule has 2 nitrogen and oxygen atoms in total. The highest BCUT2D eigenvalue weighted by Gasteiger charge is 2.50. The fourth-order valence-corrected chi connectivity index (χ4v) is 2.88. The van der Waals surface area contributed by atoms with Crippen molar-refractivity contribution in [3.8, 4) is 0 Å². The van der Waals surface area contributed by atoms with E-state index < -0.39 is 0 Å². The fraction of sp³-hybridized carbons (Fsp3) is 0.235. The van der Waals surface area contributed by atoms with E-state index in [2.05, 4.69) is 5.32 Å². The summed E-state index contributed by atoms with van der Waals surface area (Å²) in [4.78, 5) is 12.5. The lowest BCUT2D eigenvalue weighted by molar-refractivity contribution is -0.123. The summed E-state index contributed by atoms with van der Waals surface area (Å²) in [6.07, 6.45) is 1.77. The van der Waals surface area contributed by atoms with Crippen LogP contribution in [0.4, 0.5) is 0 Å². The lowest BCUT2D eigenvalue weighted by Gasteiger charge is -2.16. The van der Waals surface area contributed by atoms with Crippen molar-refractivity contribution >= 4 is 29.1 Å². The number of nitrogens with one attached hydrogen (secondary N) is 1. The van der Waals surface area contributed by atoms with Crippen LogP contribution < -0.4 is 5.32 Å². The smallest absolute Gasteiger partial charge is 0.230 e. The van der Waals surface area contributed by atoms with Crippen molar-refractivity contribution in [2.75, 3.05) is 0 Å². The second-order valence-corrected chi connectivity index (χ2v) is 6.27. The number of benzene rings is 2. The molecule has 0 atom stereocenters. The molecule has 1 saturated carbocycles. The maximum absolute atomic E-state index is 12.5. The van der Waals surface area contributed by atoms with Crippen molar-refractivity contribution in [3.63, 3.8) is 0 Å². The van der Waals surface area contributed by atoms with E-state index in [0.717, 1.165) is 24.0 Å². The normalized spacial score (nSPS) is 15.5. The van der Waals surface area contributed by atoms with Crippen molar-refractivity contribution in [1.82, 2.24) is 5.32 Å². The van der Waals surface area contributed by atoms with Crippen LogP contribution in [0.15, 0.2) is 48.5 Å². The van der Waals surface area contributed by atoms with E-state index in [0.29, 0.717) is 16.6 Å². The molecule has 21 heavy (non-hydrogen) atoms. The van der Waals surface area contributed by atoms with Crippen LogP contribution in [-0.2, 0) is 16.8 Å². The number of hydrogen-bond donors (Lipinski definition) is 1. The van der Waals surface area contributed by atoms with E-state index >= 15 is 0 Å². The minimum atomic E-state index is -0.372. The van der Waals surface area contributed by atoms with Crippen LogP contribution in [0.5, 0.6) is 0 Å². The first kappa shape index (κ1) is 14.4. The Bertz CT molecular complexity index is 663. The zero-order valence-electron chi connectivity index (χ0n) is 11.4. The average Bonchev–Trinajstić information content (AvgIpc) is 3.27. The standard InChI is InChI=1S/C17H15Cl2NO/c18-14-6-4-13(5-7-14)17(8-9-17)16(21)20-11-12-2-1-3-15(19)10-12/h1-7,10H,8-9,11H2,(H,20,21). The van der Waals surface area contributed by atoms with Crippen LogP contribution in [0.2, 0.25) is 10.0 Å². The number of halogens is 2. The minimum Gasteiger partial charge on any atom is -0.351 e. The van der Waals surface area contributed by atoms with E-state index in [1.54, 1.807) is 0 Å². The van der Waals surface area contributed by atoms with Crippen LogP contribution in [0.3, 0.4) is 0 Å². The maximum Gasteiger partial charge on any atom is 0.230 e. The molecular weight excluding hydrogens is 305 g/mol. The van der Waals surface area contributed by atoms with Crippen LogP contribution in [0, 0.1) is 0 Å². The Balaban J connectivity index is 1.69. The Labute approximate surface area is 134 Å². The van der Waals surface area contributed by atoms with E-state index in [4.69, 9.17) is 23.2 Å². The SMILES string of the molecule is O=C(NCc1cccc(Cl)c1)C1(c2ccc(Cl)cc2)CC1. The van der Waals surface area contributed by atoms with Crippen LogP contribution >= 0.6 is 23.2 Å². The average molecular weight is 320 g/mol. The van der Waals surface area contributed by atoms with Gasteiger partial charge in [-0.3, -0.25) is 4.79 Å². The Kier molecular flexibility index (Phi) is 3.92. The third-order valence-corrected chi connectivity index (χ3v) is 4.41. The summed E-state index contributed by atoms with van der Waals surface area (Å²) in [6, 6.07) is 15.1. The summed E-state index contributed by atoms with van der Waals surface area (Å²) in [5.41, 5.74) is 1.67. The highest BCUT2D eigenvalue weighted by atomic mass is 35.5. The molecule has 0 spiro atoms. The second kappa shape index (κ2) is 5.70. The Morgan fingerprint density at radius 3 is 2.38 bits per heavy atom. The van der Waals surface area contributed by atoms with E-state index in [1.165, 1.54) is 0 Å². The largest absolute Gasteiger partial charge is 0.351 e. The first-order valence-electron chi connectivity index (χ1n) is 6.89. The van der Waals surface area contributed by atoms with Gasteiger partial charge in [0.15, 0.2) is 0 Å². The molecule has 1 fully saturated rings. The predicted molar refractivity (Wildman–Crippen MR) is 85.7 cm³/mol. The Hall–Kier alpha value is -1.51. The third kappa shape index (κ3) is 3.07. The zero-order valence-corrected chi connectivity index (χ0v) is 12.9. The minimum absolute atomic E-state index is 0.0739. The molecule has 4 heteroatoms. The molecule has 0 unspecified atom stereocenters. The molecule has 0 aromatic heterocycles. The van der Waals surface area contributed by atoms with Gasteiger partial charge in [-0.25, -0.2) is 0 Å². The second-order valence-electron chi connectivity index (χ2n) is 5.40. The van der Waals surface area contributed by atoms with Crippen LogP contribution in [0.1, 0.15) is 24.0 Å². The lowest BCUT2D eigenvalue weighted by atomic mass is 9.95. The van der Waals surface area contributed by atoms with Crippen molar-refractivity contribution < 1.29 is 4.79 Å². The van der Waals surface area contributed by atoms with Crippen LogP contribution in [0.25, 0.3) is 0 Å². The third-order valence-electron chi connectivity index (χ3n) is 3.92. The van der Waals surface area contributed by atoms with E-state index in [9.17, 15) is 4.79 Å². The molecule has 0 bridgehead atoms. The molecular formula is C17H15Cl2NO. The molecule has 0 heterocycles. The summed E-state index contributed by atoms with van der Waals surface area (Å²) in [5, 5.41) is 4.38. The molecule has 0 aliphatic heterocycles. The van der Waals surface area contributed by atoms with E-state index in [-0.39, 0.29) is 11.3 Å². The van der Waals surface area contributed by atoms with Gasteiger partial charge in [-0.05, 0) is 48.2 Å². The number of carbonyl (C=O) groups is 1. The fourth-order valence-electron chi connectivity index (χ4n) is 2.54. The van der Waals surface area contributed by atoms with Gasteiger partial charge in [0.25, 0.3) is 0 Å². The summed E-state index contributed by atoms with van der Waals surface area (Å²) in [5.74, 6) is 0.0739. The molecule has 1 N–H and O–H groups in total. The Morgan fingerprint density at radius 2 is 1.76 bits per heavy atom. The first-order chi connectivity index (χ1) is 10.1. The highest BCUT2D eigenvalue weighted by molar-refractivity contribution is 6.30. The molecule has 1 aliphatic rings. The van der Waals surface area contributed by atoms with Gasteiger partial charge in [-0.15, -0.1) is 0 Å². The molecule has 1 amide bonds. The van der Waals surface area contributed by atoms with Gasteiger partial charge >= 0.3 is 0 Å². The van der Waals surface area contributed by atoms with Crippen molar-refractivity contribution in [3.05, 3.63) is 69.7 Å². The predicted octanol–water partition coefficient (Wildman–Crippen LogP) is 4.34. The van der Waals surface area contributed by atoms with E-state index in [1.807, 2.05) is 48.5 Å². The van der Waals surface area contributed by atoms with Gasteiger partial charge in [0, 0.05) is 16.6 Å². The topological polar surface area (TPSA) is 29.1 Å². The molecule has 2 aromatic rings. The maximum atomic E-state index is 12.5. The van der Waals surface area contributed by atoms with Gasteiger partial charge in [0.1, 0.15) is 0 Å². The van der Waals surface area contributed by atoms with Gasteiger partial charge in [0.05, 0.1) is 5.41 Å². The number of rotatable bonds is 4. The first-order valence-corrected chi connectivity index (χ1v) is 7.64. The van der Waals surface area contributed by atoms with Gasteiger partial charge in [0.2, 0.25) is 5.91 Å². The monoisotopic (exact) mass is 319 g/mol. The van der Waals surface area contributed by atoms with Crippen molar-refractivity contribution in [1.29, 1.82) is 0 Å². The Morgan fingerprint density at radius 1 is 1.05 bits per heavy atom. The van der Waals surface area contributed by atoms with Gasteiger partial charge in [-0.1, -0.05) is 47.5 Å². The summed E-state index contributed by atoms with van der Waals surface area (Å²) >= 11 is 11.9. The zero-order chi connectivity index (χ0) is 14.9. The lowest BCUT2D eigenvalue weighted by Crippen LogP contribution is -2.34. The highest BCUT2D eigenvalue weighted by Crippen LogP contribution is 2.48. The van der Waals surface area contributed by atoms with Crippen molar-refractivity contribution in [2.24, 2.45) is 0 Å². The molecule has 108 valence electrons. The molecule has 1 aliphatic carbocycles. The quantitative estimate of drug-likeness (QED) is 0.892. The molecule has 2 aromatic carbocycles. The summed E-state index contributed by atoms with van der Waals surface area (Å²) < 4.78 is 0. The number of amides is 1. The number of hydrogen-bond acceptors (Lipinski definition) is 1.